The molecule has 5 heteroatoms. The summed E-state index contributed by atoms with van der Waals surface area (Å²) in [6.07, 6.45) is 4.39. The summed E-state index contributed by atoms with van der Waals surface area (Å²) in [5.74, 6) is -1.00. The van der Waals surface area contributed by atoms with Gasteiger partial charge in [0, 0.05) is 17.9 Å². The van der Waals surface area contributed by atoms with Crippen molar-refractivity contribution in [1.29, 1.82) is 0 Å². The van der Waals surface area contributed by atoms with Gasteiger partial charge in [0.05, 0.1) is 13.0 Å². The predicted molar refractivity (Wildman–Crippen MR) is 110 cm³/mol. The van der Waals surface area contributed by atoms with E-state index in [9.17, 15) is 14.7 Å². The van der Waals surface area contributed by atoms with Crippen LogP contribution in [0.4, 0.5) is 0 Å². The van der Waals surface area contributed by atoms with Gasteiger partial charge in [-0.1, -0.05) is 42.5 Å². The molecule has 0 aliphatic heterocycles. The zero-order valence-corrected chi connectivity index (χ0v) is 16.7. The van der Waals surface area contributed by atoms with Gasteiger partial charge in [-0.05, 0) is 54.9 Å². The molecule has 29 heavy (non-hydrogen) atoms. The van der Waals surface area contributed by atoms with E-state index in [0.29, 0.717) is 12.2 Å². The highest BCUT2D eigenvalue weighted by atomic mass is 16.5. The zero-order chi connectivity index (χ0) is 20.4. The molecule has 0 bridgehead atoms. The number of carbonyl (C=O) groups is 2. The Hall–Kier alpha value is -2.82. The number of aryl methyl sites for hydroxylation is 1. The number of carboxylic acids is 1. The number of fused-ring (bicyclic) bond motifs is 2. The summed E-state index contributed by atoms with van der Waals surface area (Å²) < 4.78 is 5.33. The van der Waals surface area contributed by atoms with Gasteiger partial charge in [-0.2, -0.15) is 0 Å². The van der Waals surface area contributed by atoms with Crippen LogP contribution in [0.2, 0.25) is 0 Å². The van der Waals surface area contributed by atoms with Crippen LogP contribution in [0.15, 0.2) is 48.5 Å². The Morgan fingerprint density at radius 2 is 1.97 bits per heavy atom. The summed E-state index contributed by atoms with van der Waals surface area (Å²) in [6, 6.07) is 15.8. The van der Waals surface area contributed by atoms with Crippen LogP contribution in [-0.4, -0.2) is 30.6 Å². The smallest absolute Gasteiger partial charge is 0.308 e. The fourth-order valence-electron chi connectivity index (χ4n) is 4.91. The van der Waals surface area contributed by atoms with E-state index >= 15 is 0 Å². The average molecular weight is 393 g/mol. The summed E-state index contributed by atoms with van der Waals surface area (Å²) in [6.45, 7) is 0.125. The lowest BCUT2D eigenvalue weighted by Gasteiger charge is -2.26. The van der Waals surface area contributed by atoms with E-state index in [2.05, 4.69) is 23.5 Å². The van der Waals surface area contributed by atoms with Crippen molar-refractivity contribution in [3.8, 4) is 5.75 Å². The molecule has 2 N–H and O–H groups in total. The minimum atomic E-state index is -0.912. The molecule has 2 aliphatic rings. The number of rotatable bonds is 7. The van der Waals surface area contributed by atoms with Gasteiger partial charge in [-0.15, -0.1) is 0 Å². The first kappa shape index (κ1) is 19.5. The second kappa shape index (κ2) is 7.90. The first-order valence-electron chi connectivity index (χ1n) is 10.3. The molecule has 2 aromatic carbocycles. The molecule has 0 radical (unpaired) electrons. The van der Waals surface area contributed by atoms with Gasteiger partial charge in [0.15, 0.2) is 0 Å². The quantitative estimate of drug-likeness (QED) is 0.756. The average Bonchev–Trinajstić information content (AvgIpc) is 3.46. The van der Waals surface area contributed by atoms with E-state index in [-0.39, 0.29) is 23.8 Å². The van der Waals surface area contributed by atoms with Crippen molar-refractivity contribution in [1.82, 2.24) is 5.32 Å². The first-order valence-corrected chi connectivity index (χ1v) is 10.3. The standard InChI is InChI=1S/C24H27NO4/c1-29-21-11-5-3-8-17(21)13-18(23(27)28)15-25-22(26)20-14-24(20)12-6-9-16-7-2-4-10-19(16)24/h2-5,7-8,10-11,18,20H,6,9,12-15H2,1H3,(H,25,26)(H,27,28). The molecule has 1 amide bonds. The van der Waals surface area contributed by atoms with Gasteiger partial charge in [-0.25, -0.2) is 0 Å². The number of nitrogens with one attached hydrogen (secondary N) is 1. The van der Waals surface area contributed by atoms with Crippen LogP contribution >= 0.6 is 0 Å². The molecule has 5 nitrogen and oxygen atoms in total. The second-order valence-corrected chi connectivity index (χ2v) is 8.22. The lowest BCUT2D eigenvalue weighted by atomic mass is 9.78. The number of aliphatic carboxylic acids is 1. The monoisotopic (exact) mass is 393 g/mol. The van der Waals surface area contributed by atoms with Gasteiger partial charge in [-0.3, -0.25) is 9.59 Å². The maximum atomic E-state index is 12.9. The number of carboxylic acid groups (broad SMARTS) is 1. The first-order chi connectivity index (χ1) is 14.0. The third-order valence-corrected chi connectivity index (χ3v) is 6.55. The number of benzene rings is 2. The Bertz CT molecular complexity index is 925. The molecular formula is C24H27NO4. The van der Waals surface area contributed by atoms with Crippen LogP contribution in [0, 0.1) is 11.8 Å². The molecule has 2 aromatic rings. The molecule has 0 aromatic heterocycles. The summed E-state index contributed by atoms with van der Waals surface area (Å²) >= 11 is 0. The second-order valence-electron chi connectivity index (χ2n) is 8.22. The number of carbonyl (C=O) groups excluding carboxylic acids is 1. The SMILES string of the molecule is COc1ccccc1CC(CNC(=O)C1CC12CCCc1ccccc12)C(=O)O. The van der Waals surface area contributed by atoms with Gasteiger partial charge in [0.1, 0.15) is 5.75 Å². The van der Waals surface area contributed by atoms with Gasteiger partial charge in [0.25, 0.3) is 0 Å². The van der Waals surface area contributed by atoms with Crippen LogP contribution < -0.4 is 10.1 Å². The Morgan fingerprint density at radius 1 is 1.21 bits per heavy atom. The highest BCUT2D eigenvalue weighted by molar-refractivity contribution is 5.85. The molecular weight excluding hydrogens is 366 g/mol. The Kier molecular flexibility index (Phi) is 5.31. The van der Waals surface area contributed by atoms with Crippen LogP contribution in [0.3, 0.4) is 0 Å². The van der Waals surface area contributed by atoms with Crippen molar-refractivity contribution in [2.45, 2.75) is 37.5 Å². The number of hydrogen-bond acceptors (Lipinski definition) is 3. The van der Waals surface area contributed by atoms with Crippen LogP contribution in [0.5, 0.6) is 5.75 Å². The van der Waals surface area contributed by atoms with E-state index < -0.39 is 11.9 Å². The van der Waals surface area contributed by atoms with Crippen molar-refractivity contribution in [2.24, 2.45) is 11.8 Å². The maximum Gasteiger partial charge on any atom is 0.308 e. The molecule has 152 valence electrons. The van der Waals surface area contributed by atoms with E-state index in [0.717, 1.165) is 31.2 Å². The van der Waals surface area contributed by atoms with E-state index in [4.69, 9.17) is 4.74 Å². The van der Waals surface area contributed by atoms with Crippen molar-refractivity contribution in [2.75, 3.05) is 13.7 Å². The van der Waals surface area contributed by atoms with Gasteiger partial charge < -0.3 is 15.2 Å². The third-order valence-electron chi connectivity index (χ3n) is 6.55. The van der Waals surface area contributed by atoms with Crippen molar-refractivity contribution < 1.29 is 19.4 Å². The van der Waals surface area contributed by atoms with E-state index in [1.807, 2.05) is 30.3 Å². The number of ether oxygens (including phenoxy) is 1. The van der Waals surface area contributed by atoms with Gasteiger partial charge >= 0.3 is 5.97 Å². The largest absolute Gasteiger partial charge is 0.496 e. The van der Waals surface area contributed by atoms with Crippen LogP contribution in [0.1, 0.15) is 36.0 Å². The Balaban J connectivity index is 1.41. The minimum Gasteiger partial charge on any atom is -0.496 e. The van der Waals surface area contributed by atoms with Gasteiger partial charge in [0.2, 0.25) is 5.91 Å². The number of hydrogen-bond donors (Lipinski definition) is 2. The summed E-state index contributed by atoms with van der Waals surface area (Å²) in [7, 11) is 1.57. The molecule has 1 spiro atoms. The summed E-state index contributed by atoms with van der Waals surface area (Å²) in [5.41, 5.74) is 3.46. The molecule has 0 heterocycles. The van der Waals surface area contributed by atoms with E-state index in [1.165, 1.54) is 11.1 Å². The van der Waals surface area contributed by atoms with Crippen LogP contribution in [-0.2, 0) is 27.8 Å². The molecule has 0 saturated heterocycles. The molecule has 4 rings (SSSR count). The van der Waals surface area contributed by atoms with Crippen molar-refractivity contribution in [3.05, 3.63) is 65.2 Å². The minimum absolute atomic E-state index is 0.0204. The Labute approximate surface area is 171 Å². The fraction of sp³-hybridized carbons (Fsp3) is 0.417. The molecule has 2 aliphatic carbocycles. The number of para-hydroxylation sites is 1. The highest BCUT2D eigenvalue weighted by Gasteiger charge is 2.59. The number of amides is 1. The maximum absolute atomic E-state index is 12.9. The predicted octanol–water partition coefficient (Wildman–Crippen LogP) is 3.35. The number of methoxy groups -OCH3 is 1. The lowest BCUT2D eigenvalue weighted by molar-refractivity contribution is -0.141. The fourth-order valence-corrected chi connectivity index (χ4v) is 4.91. The molecule has 3 atom stereocenters. The topological polar surface area (TPSA) is 75.6 Å². The summed E-state index contributed by atoms with van der Waals surface area (Å²) in [4.78, 5) is 24.6. The molecule has 1 saturated carbocycles. The van der Waals surface area contributed by atoms with Crippen molar-refractivity contribution >= 4 is 11.9 Å². The summed E-state index contributed by atoms with van der Waals surface area (Å²) in [5, 5.41) is 12.6. The lowest BCUT2D eigenvalue weighted by Crippen LogP contribution is -2.36. The van der Waals surface area contributed by atoms with Crippen molar-refractivity contribution in [3.63, 3.8) is 0 Å². The molecule has 3 unspecified atom stereocenters. The normalized spacial score (nSPS) is 23.1. The van der Waals surface area contributed by atoms with Crippen LogP contribution in [0.25, 0.3) is 0 Å². The third kappa shape index (κ3) is 3.74. The molecule has 1 fully saturated rings. The van der Waals surface area contributed by atoms with E-state index in [1.54, 1.807) is 7.11 Å². The Morgan fingerprint density at radius 3 is 2.76 bits per heavy atom. The zero-order valence-electron chi connectivity index (χ0n) is 16.7. The highest BCUT2D eigenvalue weighted by Crippen LogP contribution is 2.60.